The van der Waals surface area contributed by atoms with Gasteiger partial charge in [0.15, 0.2) is 0 Å². The van der Waals surface area contributed by atoms with Crippen LogP contribution in [0.15, 0.2) is 54.7 Å². The Morgan fingerprint density at radius 1 is 0.903 bits per heavy atom. The van der Waals surface area contributed by atoms with Gasteiger partial charge in [-0.15, -0.1) is 0 Å². The highest BCUT2D eigenvalue weighted by molar-refractivity contribution is 6.00. The number of carbonyl (C=O) groups excluding carboxylic acids is 2. The average molecular weight is 417 g/mol. The van der Waals surface area contributed by atoms with Gasteiger partial charge in [-0.2, -0.15) is 5.10 Å². The van der Waals surface area contributed by atoms with E-state index in [1.54, 1.807) is 4.68 Å². The zero-order valence-corrected chi connectivity index (χ0v) is 18.3. The number of benzene rings is 2. The molecule has 1 saturated heterocycles. The number of nitrogens with zero attached hydrogens (tertiary/aromatic N) is 4. The number of carbonyl (C=O) groups is 2. The van der Waals surface area contributed by atoms with Crippen LogP contribution in [0, 0.1) is 13.8 Å². The predicted octanol–water partition coefficient (Wildman–Crippen LogP) is 3.85. The molecule has 1 fully saturated rings. The maximum atomic E-state index is 13.5. The molecule has 0 atom stereocenters. The number of aryl methyl sites for hydroxylation is 2. The maximum Gasteiger partial charge on any atom is 0.257 e. The molecular formula is C25H28N4O2. The Morgan fingerprint density at radius 2 is 1.58 bits per heavy atom. The van der Waals surface area contributed by atoms with E-state index in [1.165, 1.54) is 5.56 Å². The quantitative estimate of drug-likeness (QED) is 0.649. The van der Waals surface area contributed by atoms with Crippen molar-refractivity contribution >= 4 is 11.8 Å². The van der Waals surface area contributed by atoms with Crippen molar-refractivity contribution in [3.63, 3.8) is 0 Å². The van der Waals surface area contributed by atoms with Gasteiger partial charge < -0.3 is 9.80 Å². The maximum absolute atomic E-state index is 13.5. The highest BCUT2D eigenvalue weighted by Crippen LogP contribution is 2.27. The van der Waals surface area contributed by atoms with Gasteiger partial charge in [-0.1, -0.05) is 37.3 Å². The summed E-state index contributed by atoms with van der Waals surface area (Å²) in [6, 6.07) is 16.0. The van der Waals surface area contributed by atoms with Crippen molar-refractivity contribution in [3.05, 3.63) is 71.4 Å². The van der Waals surface area contributed by atoms with Crippen LogP contribution < -0.4 is 0 Å². The number of rotatable bonds is 4. The van der Waals surface area contributed by atoms with Crippen LogP contribution in [-0.2, 0) is 4.79 Å². The van der Waals surface area contributed by atoms with Gasteiger partial charge in [0.05, 0.1) is 11.3 Å². The third-order valence-electron chi connectivity index (χ3n) is 5.97. The van der Waals surface area contributed by atoms with Crippen molar-refractivity contribution in [1.29, 1.82) is 0 Å². The molecule has 160 valence electrons. The van der Waals surface area contributed by atoms with E-state index in [9.17, 15) is 9.59 Å². The van der Waals surface area contributed by atoms with Gasteiger partial charge in [0.2, 0.25) is 5.91 Å². The molecule has 2 amide bonds. The fourth-order valence-electron chi connectivity index (χ4n) is 3.90. The van der Waals surface area contributed by atoms with E-state index < -0.39 is 0 Å². The summed E-state index contributed by atoms with van der Waals surface area (Å²) in [7, 11) is 0. The SMILES string of the molecule is CCC(=O)N1CCN(C(=O)c2cn(-c3ccccc3)nc2-c2ccc(C)c(C)c2)CC1. The average Bonchev–Trinajstić information content (AvgIpc) is 3.26. The minimum Gasteiger partial charge on any atom is -0.339 e. The molecule has 6 nitrogen and oxygen atoms in total. The molecule has 6 heteroatoms. The van der Waals surface area contributed by atoms with Gasteiger partial charge in [0.25, 0.3) is 5.91 Å². The fourth-order valence-corrected chi connectivity index (χ4v) is 3.90. The van der Waals surface area contributed by atoms with Crippen LogP contribution in [0.25, 0.3) is 16.9 Å². The molecule has 0 bridgehead atoms. The molecular weight excluding hydrogens is 388 g/mol. The normalized spacial score (nSPS) is 14.0. The van der Waals surface area contributed by atoms with Gasteiger partial charge in [0.1, 0.15) is 5.69 Å². The highest BCUT2D eigenvalue weighted by atomic mass is 16.2. The summed E-state index contributed by atoms with van der Waals surface area (Å²) < 4.78 is 1.77. The minimum atomic E-state index is -0.0426. The Bertz CT molecular complexity index is 1100. The smallest absolute Gasteiger partial charge is 0.257 e. The van der Waals surface area contributed by atoms with Crippen molar-refractivity contribution in [2.24, 2.45) is 0 Å². The van der Waals surface area contributed by atoms with Crippen molar-refractivity contribution < 1.29 is 9.59 Å². The molecule has 0 saturated carbocycles. The molecule has 4 rings (SSSR count). The molecule has 3 aromatic rings. The lowest BCUT2D eigenvalue weighted by atomic mass is 10.0. The van der Waals surface area contributed by atoms with Crippen LogP contribution >= 0.6 is 0 Å². The lowest BCUT2D eigenvalue weighted by Gasteiger charge is -2.34. The van der Waals surface area contributed by atoms with Gasteiger partial charge in [-0.3, -0.25) is 9.59 Å². The van der Waals surface area contributed by atoms with Crippen molar-refractivity contribution in [1.82, 2.24) is 19.6 Å². The summed E-state index contributed by atoms with van der Waals surface area (Å²) in [4.78, 5) is 29.2. The molecule has 1 aromatic heterocycles. The fraction of sp³-hybridized carbons (Fsp3) is 0.320. The summed E-state index contributed by atoms with van der Waals surface area (Å²) in [5.74, 6) is 0.0961. The summed E-state index contributed by atoms with van der Waals surface area (Å²) in [6.07, 6.45) is 2.32. The summed E-state index contributed by atoms with van der Waals surface area (Å²) >= 11 is 0. The zero-order chi connectivity index (χ0) is 22.0. The third-order valence-corrected chi connectivity index (χ3v) is 5.97. The van der Waals surface area contributed by atoms with Gasteiger partial charge >= 0.3 is 0 Å². The van der Waals surface area contributed by atoms with Crippen LogP contribution in [-0.4, -0.2) is 57.6 Å². The van der Waals surface area contributed by atoms with Crippen molar-refractivity contribution in [2.45, 2.75) is 27.2 Å². The number of piperazine rings is 1. The van der Waals surface area contributed by atoms with Crippen molar-refractivity contribution in [2.75, 3.05) is 26.2 Å². The number of aromatic nitrogens is 2. The largest absolute Gasteiger partial charge is 0.339 e. The summed E-state index contributed by atoms with van der Waals surface area (Å²) in [6.45, 7) is 8.23. The lowest BCUT2D eigenvalue weighted by Crippen LogP contribution is -2.50. The van der Waals surface area contributed by atoms with E-state index in [-0.39, 0.29) is 11.8 Å². The van der Waals surface area contributed by atoms with Crippen LogP contribution in [0.5, 0.6) is 0 Å². The number of amides is 2. The zero-order valence-electron chi connectivity index (χ0n) is 18.3. The van der Waals surface area contributed by atoms with E-state index in [2.05, 4.69) is 26.0 Å². The Morgan fingerprint density at radius 3 is 2.23 bits per heavy atom. The molecule has 1 aliphatic heterocycles. The van der Waals surface area contributed by atoms with Gasteiger partial charge in [-0.05, 0) is 43.2 Å². The van der Waals surface area contributed by atoms with E-state index in [0.29, 0.717) is 43.9 Å². The second kappa shape index (κ2) is 8.76. The van der Waals surface area contributed by atoms with E-state index >= 15 is 0 Å². The second-order valence-corrected chi connectivity index (χ2v) is 8.00. The first-order valence-corrected chi connectivity index (χ1v) is 10.8. The first-order chi connectivity index (χ1) is 15.0. The van der Waals surface area contributed by atoms with E-state index in [0.717, 1.165) is 16.8 Å². The highest BCUT2D eigenvalue weighted by Gasteiger charge is 2.27. The lowest BCUT2D eigenvalue weighted by molar-refractivity contribution is -0.132. The van der Waals surface area contributed by atoms with Crippen molar-refractivity contribution in [3.8, 4) is 16.9 Å². The second-order valence-electron chi connectivity index (χ2n) is 8.00. The number of para-hydroxylation sites is 1. The first kappa shape index (κ1) is 20.8. The predicted molar refractivity (Wildman–Crippen MR) is 121 cm³/mol. The molecule has 0 unspecified atom stereocenters. The molecule has 0 aliphatic carbocycles. The first-order valence-electron chi connectivity index (χ1n) is 10.8. The van der Waals surface area contributed by atoms with Gasteiger partial charge in [0, 0.05) is 44.4 Å². The Kier molecular flexibility index (Phi) is 5.89. The van der Waals surface area contributed by atoms with Crippen LogP contribution in [0.2, 0.25) is 0 Å². The topological polar surface area (TPSA) is 58.4 Å². The number of hydrogen-bond donors (Lipinski definition) is 0. The molecule has 0 N–H and O–H groups in total. The minimum absolute atomic E-state index is 0.0426. The molecule has 0 spiro atoms. The van der Waals surface area contributed by atoms with Crippen LogP contribution in [0.3, 0.4) is 0 Å². The molecule has 0 radical (unpaired) electrons. The summed E-state index contributed by atoms with van der Waals surface area (Å²) in [5.41, 5.74) is 5.48. The van der Waals surface area contributed by atoms with Crippen LogP contribution in [0.4, 0.5) is 0 Å². The van der Waals surface area contributed by atoms with Gasteiger partial charge in [-0.25, -0.2) is 4.68 Å². The monoisotopic (exact) mass is 416 g/mol. The van der Waals surface area contributed by atoms with E-state index in [4.69, 9.17) is 5.10 Å². The molecule has 2 heterocycles. The van der Waals surface area contributed by atoms with E-state index in [1.807, 2.05) is 59.3 Å². The molecule has 2 aromatic carbocycles. The third kappa shape index (κ3) is 4.24. The van der Waals surface area contributed by atoms with Crippen LogP contribution in [0.1, 0.15) is 34.8 Å². The Hall–Kier alpha value is -3.41. The molecule has 31 heavy (non-hydrogen) atoms. The Labute approximate surface area is 183 Å². The summed E-state index contributed by atoms with van der Waals surface area (Å²) in [5, 5.41) is 4.80. The molecule has 1 aliphatic rings. The standard InChI is InChI=1S/C25H28N4O2/c1-4-23(30)27-12-14-28(15-13-27)25(31)22-17-29(21-8-6-5-7-9-21)26-24(22)20-11-10-18(2)19(3)16-20/h5-11,16-17H,4,12-15H2,1-3H3. The Balaban J connectivity index is 1.68. The number of hydrogen-bond acceptors (Lipinski definition) is 3.